The Morgan fingerprint density at radius 3 is 2.75 bits per heavy atom. The molecular formula is C18H26O2. The van der Waals surface area contributed by atoms with Crippen LogP contribution in [0.1, 0.15) is 56.6 Å². The predicted molar refractivity (Wildman–Crippen MR) is 80.6 cm³/mol. The van der Waals surface area contributed by atoms with E-state index in [1.807, 2.05) is 13.0 Å². The SMILES string of the molecule is Cc1cccc(C(C)(O)C2CCOC3(CCCC3)C2)c1. The van der Waals surface area contributed by atoms with E-state index in [9.17, 15) is 5.11 Å². The standard InChI is InChI=1S/C18H26O2/c1-14-6-5-7-15(12-14)17(2,19)16-8-11-20-18(13-16)9-3-4-10-18/h5-7,12,16,19H,3-4,8-11,13H2,1-2H3. The Morgan fingerprint density at radius 1 is 1.30 bits per heavy atom. The molecule has 20 heavy (non-hydrogen) atoms. The van der Waals surface area contributed by atoms with Crippen LogP contribution in [-0.4, -0.2) is 17.3 Å². The van der Waals surface area contributed by atoms with E-state index in [2.05, 4.69) is 25.1 Å². The van der Waals surface area contributed by atoms with Crippen molar-refractivity contribution in [1.82, 2.24) is 0 Å². The van der Waals surface area contributed by atoms with Crippen molar-refractivity contribution in [2.75, 3.05) is 6.61 Å². The van der Waals surface area contributed by atoms with E-state index >= 15 is 0 Å². The average molecular weight is 274 g/mol. The highest BCUT2D eigenvalue weighted by atomic mass is 16.5. The molecule has 110 valence electrons. The third-order valence-corrected chi connectivity index (χ3v) is 5.41. The van der Waals surface area contributed by atoms with Crippen LogP contribution < -0.4 is 0 Å². The van der Waals surface area contributed by atoms with Gasteiger partial charge in [0.05, 0.1) is 11.2 Å². The van der Waals surface area contributed by atoms with Gasteiger partial charge in [-0.25, -0.2) is 0 Å². The molecule has 2 fully saturated rings. The van der Waals surface area contributed by atoms with Crippen LogP contribution in [0.2, 0.25) is 0 Å². The van der Waals surface area contributed by atoms with Crippen molar-refractivity contribution in [3.63, 3.8) is 0 Å². The lowest BCUT2D eigenvalue weighted by atomic mass is 9.73. The molecule has 1 aliphatic carbocycles. The molecule has 1 aromatic rings. The second-order valence-electron chi connectivity index (χ2n) is 6.95. The minimum absolute atomic E-state index is 0.0662. The summed E-state index contributed by atoms with van der Waals surface area (Å²) in [7, 11) is 0. The van der Waals surface area contributed by atoms with Gasteiger partial charge in [0.25, 0.3) is 0 Å². The number of rotatable bonds is 2. The minimum atomic E-state index is -0.745. The van der Waals surface area contributed by atoms with Gasteiger partial charge in [0, 0.05) is 6.61 Å². The summed E-state index contributed by atoms with van der Waals surface area (Å²) in [6.45, 7) is 4.87. The van der Waals surface area contributed by atoms with E-state index < -0.39 is 5.60 Å². The van der Waals surface area contributed by atoms with Crippen LogP contribution >= 0.6 is 0 Å². The molecule has 1 saturated heterocycles. The summed E-state index contributed by atoms with van der Waals surface area (Å²) >= 11 is 0. The second-order valence-corrected chi connectivity index (χ2v) is 6.95. The summed E-state index contributed by atoms with van der Waals surface area (Å²) in [6.07, 6.45) is 6.87. The lowest BCUT2D eigenvalue weighted by Gasteiger charge is -2.44. The van der Waals surface area contributed by atoms with Gasteiger partial charge in [-0.2, -0.15) is 0 Å². The normalized spacial score (nSPS) is 28.4. The van der Waals surface area contributed by atoms with Gasteiger partial charge in [-0.3, -0.25) is 0 Å². The van der Waals surface area contributed by atoms with Gasteiger partial charge >= 0.3 is 0 Å². The predicted octanol–water partition coefficient (Wildman–Crippen LogP) is 3.94. The molecule has 0 radical (unpaired) electrons. The highest BCUT2D eigenvalue weighted by Crippen LogP contribution is 2.47. The number of hydrogen-bond donors (Lipinski definition) is 1. The maximum absolute atomic E-state index is 11.1. The molecule has 2 nitrogen and oxygen atoms in total. The van der Waals surface area contributed by atoms with Crippen molar-refractivity contribution in [3.8, 4) is 0 Å². The van der Waals surface area contributed by atoms with Crippen LogP contribution in [0.25, 0.3) is 0 Å². The molecule has 3 rings (SSSR count). The Kier molecular flexibility index (Phi) is 3.64. The molecule has 1 aromatic carbocycles. The van der Waals surface area contributed by atoms with Gasteiger partial charge in [-0.15, -0.1) is 0 Å². The summed E-state index contributed by atoms with van der Waals surface area (Å²) in [5, 5.41) is 11.1. The summed E-state index contributed by atoms with van der Waals surface area (Å²) in [4.78, 5) is 0. The van der Waals surface area contributed by atoms with Crippen molar-refractivity contribution >= 4 is 0 Å². The number of aliphatic hydroxyl groups is 1. The third-order valence-electron chi connectivity index (χ3n) is 5.41. The molecule has 2 atom stereocenters. The van der Waals surface area contributed by atoms with Gasteiger partial charge in [0.15, 0.2) is 0 Å². The monoisotopic (exact) mass is 274 g/mol. The Morgan fingerprint density at radius 2 is 2.05 bits per heavy atom. The Bertz CT molecular complexity index is 472. The van der Waals surface area contributed by atoms with Crippen LogP contribution in [-0.2, 0) is 10.3 Å². The lowest BCUT2D eigenvalue weighted by molar-refractivity contribution is -0.138. The van der Waals surface area contributed by atoms with Crippen LogP contribution in [0.3, 0.4) is 0 Å². The van der Waals surface area contributed by atoms with Crippen LogP contribution in [0.5, 0.6) is 0 Å². The van der Waals surface area contributed by atoms with Crippen molar-refractivity contribution < 1.29 is 9.84 Å². The van der Waals surface area contributed by atoms with E-state index in [0.717, 1.165) is 25.0 Å². The van der Waals surface area contributed by atoms with Gasteiger partial charge in [0.1, 0.15) is 0 Å². The van der Waals surface area contributed by atoms with Crippen molar-refractivity contribution in [3.05, 3.63) is 35.4 Å². The first-order valence-corrected chi connectivity index (χ1v) is 7.95. The Balaban J connectivity index is 1.83. The van der Waals surface area contributed by atoms with E-state index in [4.69, 9.17) is 4.74 Å². The molecule has 1 heterocycles. The summed E-state index contributed by atoms with van der Waals surface area (Å²) < 4.78 is 6.10. The zero-order chi connectivity index (χ0) is 14.2. The summed E-state index contributed by atoms with van der Waals surface area (Å²) in [5.41, 5.74) is 1.59. The van der Waals surface area contributed by atoms with Gasteiger partial charge < -0.3 is 9.84 Å². The van der Waals surface area contributed by atoms with Gasteiger partial charge in [-0.05, 0) is 51.0 Å². The fourth-order valence-corrected chi connectivity index (χ4v) is 4.07. The molecule has 2 aliphatic rings. The van der Waals surface area contributed by atoms with Crippen molar-refractivity contribution in [1.29, 1.82) is 0 Å². The molecule has 0 amide bonds. The molecule has 1 saturated carbocycles. The van der Waals surface area contributed by atoms with Crippen LogP contribution in [0, 0.1) is 12.8 Å². The van der Waals surface area contributed by atoms with Crippen LogP contribution in [0.4, 0.5) is 0 Å². The molecule has 2 heteroatoms. The molecule has 1 spiro atoms. The van der Waals surface area contributed by atoms with E-state index in [-0.39, 0.29) is 5.60 Å². The lowest BCUT2D eigenvalue weighted by Crippen LogP contribution is -2.44. The topological polar surface area (TPSA) is 29.5 Å². The highest BCUT2D eigenvalue weighted by Gasteiger charge is 2.45. The fourth-order valence-electron chi connectivity index (χ4n) is 4.07. The third kappa shape index (κ3) is 2.51. The molecule has 2 unspecified atom stereocenters. The maximum Gasteiger partial charge on any atom is 0.0898 e. The zero-order valence-electron chi connectivity index (χ0n) is 12.7. The first-order chi connectivity index (χ1) is 9.52. The molecule has 1 aliphatic heterocycles. The number of hydrogen-bond acceptors (Lipinski definition) is 2. The van der Waals surface area contributed by atoms with Crippen molar-refractivity contribution in [2.24, 2.45) is 5.92 Å². The first-order valence-electron chi connectivity index (χ1n) is 7.95. The molecular weight excluding hydrogens is 248 g/mol. The minimum Gasteiger partial charge on any atom is -0.385 e. The Labute approximate surface area is 122 Å². The molecule has 0 bridgehead atoms. The number of aryl methyl sites for hydroxylation is 1. The maximum atomic E-state index is 11.1. The largest absolute Gasteiger partial charge is 0.385 e. The average Bonchev–Trinajstić information content (AvgIpc) is 2.87. The fraction of sp³-hybridized carbons (Fsp3) is 0.667. The number of ether oxygens (including phenoxy) is 1. The van der Waals surface area contributed by atoms with E-state index in [1.165, 1.54) is 31.2 Å². The smallest absolute Gasteiger partial charge is 0.0898 e. The van der Waals surface area contributed by atoms with E-state index in [0.29, 0.717) is 5.92 Å². The highest BCUT2D eigenvalue weighted by molar-refractivity contribution is 5.28. The molecule has 1 N–H and O–H groups in total. The first kappa shape index (κ1) is 14.1. The van der Waals surface area contributed by atoms with Gasteiger partial charge in [-0.1, -0.05) is 42.7 Å². The van der Waals surface area contributed by atoms with E-state index in [1.54, 1.807) is 0 Å². The second kappa shape index (κ2) is 5.16. The van der Waals surface area contributed by atoms with Crippen molar-refractivity contribution in [2.45, 2.75) is 63.6 Å². The summed E-state index contributed by atoms with van der Waals surface area (Å²) in [6, 6.07) is 8.31. The quantitative estimate of drug-likeness (QED) is 0.885. The zero-order valence-corrected chi connectivity index (χ0v) is 12.7. The number of benzene rings is 1. The van der Waals surface area contributed by atoms with Gasteiger partial charge in [0.2, 0.25) is 0 Å². The molecule has 0 aromatic heterocycles. The summed E-state index contributed by atoms with van der Waals surface area (Å²) in [5.74, 6) is 0.302. The Hall–Kier alpha value is -0.860. The van der Waals surface area contributed by atoms with Crippen LogP contribution in [0.15, 0.2) is 24.3 Å².